The molecule has 268 valence electrons. The van der Waals surface area contributed by atoms with E-state index in [-0.39, 0.29) is 5.57 Å². The fourth-order valence-electron chi connectivity index (χ4n) is 7.63. The SMILES string of the molecule is CCCCCCCCOc1ccc(N2c3ccc(-c4cnc(-c5ccc(-c6ncc(/C=C(\C#N)C(=O)O)s6)c6nsnc56)s4)cc3C3CCCC32)cc1. The van der Waals surface area contributed by atoms with Crippen LogP contribution in [-0.2, 0) is 4.79 Å². The molecular weight excluding hydrogens is 721 g/mol. The molecule has 12 heteroatoms. The van der Waals surface area contributed by atoms with Crippen molar-refractivity contribution in [2.24, 2.45) is 0 Å². The molecule has 4 heterocycles. The Bertz CT molecular complexity index is 2340. The summed E-state index contributed by atoms with van der Waals surface area (Å²) >= 11 is 4.09. The number of carboxylic acid groups (broad SMARTS) is 1. The third-order valence-electron chi connectivity index (χ3n) is 10.2. The molecule has 2 atom stereocenters. The number of fused-ring (bicyclic) bond motifs is 4. The zero-order valence-electron chi connectivity index (χ0n) is 29.3. The van der Waals surface area contributed by atoms with Crippen LogP contribution < -0.4 is 9.64 Å². The van der Waals surface area contributed by atoms with Gasteiger partial charge < -0.3 is 14.7 Å². The highest BCUT2D eigenvalue weighted by Crippen LogP contribution is 2.53. The number of hydrogen-bond acceptors (Lipinski definition) is 11. The number of benzene rings is 3. The molecule has 3 aromatic heterocycles. The van der Waals surface area contributed by atoms with Crippen molar-refractivity contribution in [2.75, 3.05) is 11.5 Å². The van der Waals surface area contributed by atoms with E-state index >= 15 is 0 Å². The summed E-state index contributed by atoms with van der Waals surface area (Å²) in [6, 6.07) is 21.7. The zero-order valence-corrected chi connectivity index (χ0v) is 31.8. The highest BCUT2D eigenvalue weighted by atomic mass is 32.1. The summed E-state index contributed by atoms with van der Waals surface area (Å²) in [6.07, 6.45) is 16.0. The van der Waals surface area contributed by atoms with Gasteiger partial charge in [0.05, 0.1) is 23.2 Å². The van der Waals surface area contributed by atoms with E-state index in [1.807, 2.05) is 18.3 Å². The fraction of sp³-hybridized carbons (Fsp3) is 0.317. The molecule has 3 aromatic carbocycles. The summed E-state index contributed by atoms with van der Waals surface area (Å²) in [5.74, 6) is 0.182. The maximum Gasteiger partial charge on any atom is 0.346 e. The van der Waals surface area contributed by atoms with Crippen LogP contribution in [0.5, 0.6) is 5.75 Å². The number of aliphatic carboxylic acids is 1. The van der Waals surface area contributed by atoms with Crippen LogP contribution in [0.3, 0.4) is 0 Å². The average molecular weight is 759 g/mol. The van der Waals surface area contributed by atoms with Crippen LogP contribution in [-0.4, -0.2) is 42.4 Å². The van der Waals surface area contributed by atoms with E-state index in [4.69, 9.17) is 15.0 Å². The number of aromatic nitrogens is 4. The van der Waals surface area contributed by atoms with Gasteiger partial charge in [-0.2, -0.15) is 14.0 Å². The topological polar surface area (TPSA) is 125 Å². The van der Waals surface area contributed by atoms with Crippen molar-refractivity contribution in [3.63, 3.8) is 0 Å². The standard InChI is InChI=1S/C41H38N6O3S3/c1-2-3-4-5-6-7-19-50-28-14-12-27(13-15-28)47-34-10-8-9-30(34)33-21-25(11-18-35(33)47)36-24-44-40(52-36)32-17-16-31(37-38(32)46-53-45-37)39-43-23-29(51-39)20-26(22-42)41(48)49/h11-18,20-21,23-24,30,34H,2-10,19H2,1H3,(H,48,49)/b26-20+. The largest absolute Gasteiger partial charge is 0.494 e. The summed E-state index contributed by atoms with van der Waals surface area (Å²) in [6.45, 7) is 3.03. The lowest BCUT2D eigenvalue weighted by Crippen LogP contribution is -2.26. The molecular formula is C41H38N6O3S3. The van der Waals surface area contributed by atoms with E-state index in [0.29, 0.717) is 21.8 Å². The first-order valence-electron chi connectivity index (χ1n) is 18.2. The summed E-state index contributed by atoms with van der Waals surface area (Å²) in [4.78, 5) is 24.9. The number of thiazole rings is 2. The second kappa shape index (κ2) is 15.6. The fourth-order valence-corrected chi connectivity index (χ4v) is 10.0. The minimum absolute atomic E-state index is 0.339. The lowest BCUT2D eigenvalue weighted by molar-refractivity contribution is -0.132. The normalized spacial score (nSPS) is 16.5. The molecule has 1 saturated carbocycles. The van der Waals surface area contributed by atoms with Crippen molar-refractivity contribution >= 4 is 68.9 Å². The van der Waals surface area contributed by atoms with Gasteiger partial charge >= 0.3 is 5.97 Å². The number of hydrogen-bond donors (Lipinski definition) is 1. The molecule has 0 amide bonds. The maximum absolute atomic E-state index is 11.3. The number of carboxylic acids is 1. The minimum atomic E-state index is -1.27. The van der Waals surface area contributed by atoms with E-state index in [1.54, 1.807) is 23.6 Å². The molecule has 6 aromatic rings. The molecule has 0 radical (unpaired) electrons. The first-order valence-corrected chi connectivity index (χ1v) is 20.6. The lowest BCUT2D eigenvalue weighted by atomic mass is 9.96. The molecule has 8 rings (SSSR count). The van der Waals surface area contributed by atoms with Crippen molar-refractivity contribution < 1.29 is 14.6 Å². The Morgan fingerprint density at radius 2 is 1.68 bits per heavy atom. The molecule has 2 unspecified atom stereocenters. The highest BCUT2D eigenvalue weighted by Gasteiger charge is 2.42. The first kappa shape index (κ1) is 35.1. The molecule has 0 saturated heterocycles. The van der Waals surface area contributed by atoms with Gasteiger partial charge in [-0.05, 0) is 85.0 Å². The second-order valence-electron chi connectivity index (χ2n) is 13.6. The van der Waals surface area contributed by atoms with Gasteiger partial charge in [0.15, 0.2) is 0 Å². The third-order valence-corrected chi connectivity index (χ3v) is 12.8. The Balaban J connectivity index is 1.01. The molecule has 1 aliphatic heterocycles. The van der Waals surface area contributed by atoms with E-state index < -0.39 is 5.97 Å². The Hall–Kier alpha value is -4.96. The molecule has 9 nitrogen and oxygen atoms in total. The molecule has 0 spiro atoms. The molecule has 2 aliphatic rings. The Labute approximate surface area is 320 Å². The van der Waals surface area contributed by atoms with Crippen molar-refractivity contribution in [3.05, 3.63) is 83.0 Å². The number of rotatable bonds is 14. The van der Waals surface area contributed by atoms with E-state index in [1.165, 1.54) is 91.3 Å². The number of carbonyl (C=O) groups is 1. The predicted octanol–water partition coefficient (Wildman–Crippen LogP) is 11.1. The summed E-state index contributed by atoms with van der Waals surface area (Å²) in [5, 5.41) is 19.9. The lowest BCUT2D eigenvalue weighted by Gasteiger charge is -2.27. The van der Waals surface area contributed by atoms with Gasteiger partial charge in [-0.1, -0.05) is 51.5 Å². The minimum Gasteiger partial charge on any atom is -0.494 e. The zero-order chi connectivity index (χ0) is 36.3. The Morgan fingerprint density at radius 3 is 2.43 bits per heavy atom. The number of nitriles is 1. The smallest absolute Gasteiger partial charge is 0.346 e. The summed E-state index contributed by atoms with van der Waals surface area (Å²) in [7, 11) is 0. The Kier molecular flexibility index (Phi) is 10.3. The highest BCUT2D eigenvalue weighted by molar-refractivity contribution is 7.18. The van der Waals surface area contributed by atoms with Crippen LogP contribution in [0.25, 0.3) is 48.7 Å². The van der Waals surface area contributed by atoms with Crippen LogP contribution >= 0.6 is 34.4 Å². The molecule has 1 fully saturated rings. The van der Waals surface area contributed by atoms with Gasteiger partial charge in [0.1, 0.15) is 38.4 Å². The average Bonchev–Trinajstić information content (AvgIpc) is 4.03. The van der Waals surface area contributed by atoms with Crippen molar-refractivity contribution in [1.82, 2.24) is 18.7 Å². The number of ether oxygens (including phenoxy) is 1. The van der Waals surface area contributed by atoms with Crippen molar-refractivity contribution in [1.29, 1.82) is 5.26 Å². The van der Waals surface area contributed by atoms with Crippen LogP contribution in [0, 0.1) is 11.3 Å². The maximum atomic E-state index is 11.3. The van der Waals surface area contributed by atoms with Gasteiger partial charge in [0.25, 0.3) is 0 Å². The third kappa shape index (κ3) is 7.09. The molecule has 1 aliphatic carbocycles. The molecule has 53 heavy (non-hydrogen) atoms. The summed E-state index contributed by atoms with van der Waals surface area (Å²) < 4.78 is 15.3. The number of anilines is 2. The van der Waals surface area contributed by atoms with Gasteiger partial charge in [0, 0.05) is 51.7 Å². The monoisotopic (exact) mass is 758 g/mol. The van der Waals surface area contributed by atoms with Crippen molar-refractivity contribution in [3.8, 4) is 43.4 Å². The van der Waals surface area contributed by atoms with E-state index in [9.17, 15) is 9.90 Å². The van der Waals surface area contributed by atoms with Gasteiger partial charge in [-0.15, -0.1) is 22.7 Å². The van der Waals surface area contributed by atoms with E-state index in [0.717, 1.165) is 62.6 Å². The first-order chi connectivity index (χ1) is 26.0. The van der Waals surface area contributed by atoms with Crippen molar-refractivity contribution in [2.45, 2.75) is 76.7 Å². The number of unbranched alkanes of at least 4 members (excludes halogenated alkanes) is 5. The number of nitrogens with zero attached hydrogens (tertiary/aromatic N) is 6. The predicted molar refractivity (Wildman–Crippen MR) is 214 cm³/mol. The van der Waals surface area contributed by atoms with Crippen LogP contribution in [0.2, 0.25) is 0 Å². The van der Waals surface area contributed by atoms with Gasteiger partial charge in [-0.3, -0.25) is 0 Å². The molecule has 0 bridgehead atoms. The van der Waals surface area contributed by atoms with Crippen LogP contribution in [0.4, 0.5) is 11.4 Å². The summed E-state index contributed by atoms with van der Waals surface area (Å²) in [5.41, 5.74) is 7.95. The second-order valence-corrected chi connectivity index (χ2v) is 16.2. The van der Waals surface area contributed by atoms with Gasteiger partial charge in [-0.25, -0.2) is 14.8 Å². The van der Waals surface area contributed by atoms with Crippen LogP contribution in [0.15, 0.2) is 72.6 Å². The quantitative estimate of drug-likeness (QED) is 0.0656. The van der Waals surface area contributed by atoms with E-state index in [2.05, 4.69) is 68.0 Å². The van der Waals surface area contributed by atoms with Crippen LogP contribution in [0.1, 0.15) is 81.1 Å². The Morgan fingerprint density at radius 1 is 0.943 bits per heavy atom. The molecule has 1 N–H and O–H groups in total. The van der Waals surface area contributed by atoms with Gasteiger partial charge in [0.2, 0.25) is 0 Å².